The summed E-state index contributed by atoms with van der Waals surface area (Å²) in [5.41, 5.74) is 0. The molecule has 0 radical (unpaired) electrons. The Morgan fingerprint density at radius 1 is 1.20 bits per heavy atom. The highest BCUT2D eigenvalue weighted by Gasteiger charge is 2.08. The summed E-state index contributed by atoms with van der Waals surface area (Å²) >= 11 is 0. The first-order valence-corrected chi connectivity index (χ1v) is 4.35. The van der Waals surface area contributed by atoms with Crippen molar-refractivity contribution in [1.82, 2.24) is 10.6 Å². The van der Waals surface area contributed by atoms with Crippen molar-refractivity contribution in [1.29, 1.82) is 0 Å². The summed E-state index contributed by atoms with van der Waals surface area (Å²) in [4.78, 5) is 0. The monoisotopic (exact) mass is 142 g/mol. The van der Waals surface area contributed by atoms with Crippen LogP contribution in [-0.4, -0.2) is 26.2 Å². The van der Waals surface area contributed by atoms with Crippen LogP contribution in [0.3, 0.4) is 0 Å². The lowest BCUT2D eigenvalue weighted by molar-refractivity contribution is 0.459. The molecule has 0 bridgehead atoms. The van der Waals surface area contributed by atoms with Crippen molar-refractivity contribution >= 4 is 0 Å². The highest BCUT2D eigenvalue weighted by atomic mass is 15.0. The summed E-state index contributed by atoms with van der Waals surface area (Å²) in [5.74, 6) is 0.868. The number of nitrogens with one attached hydrogen (secondary N) is 2. The lowest BCUT2D eigenvalue weighted by Gasteiger charge is -2.11. The van der Waals surface area contributed by atoms with Gasteiger partial charge in [0, 0.05) is 13.1 Å². The molecule has 1 saturated heterocycles. The van der Waals surface area contributed by atoms with E-state index >= 15 is 0 Å². The summed E-state index contributed by atoms with van der Waals surface area (Å²) < 4.78 is 0. The van der Waals surface area contributed by atoms with Crippen LogP contribution in [0.15, 0.2) is 0 Å². The Morgan fingerprint density at radius 3 is 2.30 bits per heavy atom. The van der Waals surface area contributed by atoms with Gasteiger partial charge in [-0.25, -0.2) is 0 Å². The molecule has 1 aliphatic rings. The first-order chi connectivity index (χ1) is 4.93. The highest BCUT2D eigenvalue weighted by molar-refractivity contribution is 4.69. The fourth-order valence-corrected chi connectivity index (χ4v) is 1.47. The minimum atomic E-state index is 0.868. The van der Waals surface area contributed by atoms with Crippen molar-refractivity contribution in [2.45, 2.75) is 19.8 Å². The van der Waals surface area contributed by atoms with E-state index in [0.717, 1.165) is 19.0 Å². The normalized spacial score (nSPS) is 22.5. The van der Waals surface area contributed by atoms with Crippen LogP contribution in [-0.2, 0) is 0 Å². The Kier molecular flexibility index (Phi) is 3.76. The average Bonchev–Trinajstić information content (AvgIpc) is 2.17. The maximum Gasteiger partial charge on any atom is 0.00768 e. The predicted molar refractivity (Wildman–Crippen MR) is 44.1 cm³/mol. The van der Waals surface area contributed by atoms with E-state index in [2.05, 4.69) is 17.6 Å². The van der Waals surface area contributed by atoms with Crippen molar-refractivity contribution in [2.24, 2.45) is 5.92 Å². The van der Waals surface area contributed by atoms with E-state index in [4.69, 9.17) is 0 Å². The predicted octanol–water partition coefficient (Wildman–Crippen LogP) is 0.596. The zero-order valence-electron chi connectivity index (χ0n) is 6.82. The molecule has 2 N–H and O–H groups in total. The SMILES string of the molecule is CCCC1CNCCNC1. The zero-order valence-corrected chi connectivity index (χ0v) is 6.82. The van der Waals surface area contributed by atoms with Crippen LogP contribution in [0.5, 0.6) is 0 Å². The van der Waals surface area contributed by atoms with Crippen LogP contribution in [0.25, 0.3) is 0 Å². The van der Waals surface area contributed by atoms with Gasteiger partial charge in [-0.05, 0) is 25.4 Å². The van der Waals surface area contributed by atoms with E-state index in [1.807, 2.05) is 0 Å². The Morgan fingerprint density at radius 2 is 1.80 bits per heavy atom. The number of hydrogen-bond acceptors (Lipinski definition) is 2. The second-order valence-electron chi connectivity index (χ2n) is 3.06. The first kappa shape index (κ1) is 8.02. The van der Waals surface area contributed by atoms with Gasteiger partial charge in [0.1, 0.15) is 0 Å². The molecule has 10 heavy (non-hydrogen) atoms. The molecule has 1 fully saturated rings. The van der Waals surface area contributed by atoms with Gasteiger partial charge < -0.3 is 10.6 Å². The van der Waals surface area contributed by atoms with Crippen LogP contribution in [0.2, 0.25) is 0 Å². The van der Waals surface area contributed by atoms with Gasteiger partial charge >= 0.3 is 0 Å². The highest BCUT2D eigenvalue weighted by Crippen LogP contribution is 2.04. The van der Waals surface area contributed by atoms with Gasteiger partial charge in [-0.1, -0.05) is 13.3 Å². The summed E-state index contributed by atoms with van der Waals surface area (Å²) in [7, 11) is 0. The smallest absolute Gasteiger partial charge is 0.00768 e. The van der Waals surface area contributed by atoms with E-state index in [0.29, 0.717) is 0 Å². The van der Waals surface area contributed by atoms with Gasteiger partial charge in [0.15, 0.2) is 0 Å². The fourth-order valence-electron chi connectivity index (χ4n) is 1.47. The van der Waals surface area contributed by atoms with Gasteiger partial charge in [-0.15, -0.1) is 0 Å². The molecule has 2 heteroatoms. The lowest BCUT2D eigenvalue weighted by Crippen LogP contribution is -2.23. The standard InChI is InChI=1S/C8H18N2/c1-2-3-8-6-9-4-5-10-7-8/h8-10H,2-7H2,1H3. The molecule has 2 nitrogen and oxygen atoms in total. The molecular formula is C8H18N2. The van der Waals surface area contributed by atoms with Crippen molar-refractivity contribution < 1.29 is 0 Å². The van der Waals surface area contributed by atoms with Crippen LogP contribution in [0.4, 0.5) is 0 Å². The van der Waals surface area contributed by atoms with E-state index < -0.39 is 0 Å². The number of rotatable bonds is 2. The Bertz CT molecular complexity index is 75.3. The quantitative estimate of drug-likeness (QED) is 0.590. The molecule has 1 rings (SSSR count). The Balaban J connectivity index is 2.15. The van der Waals surface area contributed by atoms with E-state index in [1.165, 1.54) is 25.9 Å². The summed E-state index contributed by atoms with van der Waals surface area (Å²) in [6.07, 6.45) is 2.67. The third-order valence-corrected chi connectivity index (χ3v) is 2.04. The van der Waals surface area contributed by atoms with Crippen molar-refractivity contribution in [3.63, 3.8) is 0 Å². The number of hydrogen-bond donors (Lipinski definition) is 2. The van der Waals surface area contributed by atoms with E-state index in [1.54, 1.807) is 0 Å². The molecule has 0 saturated carbocycles. The molecule has 0 aromatic heterocycles. The molecule has 0 spiro atoms. The van der Waals surface area contributed by atoms with Crippen LogP contribution in [0, 0.1) is 5.92 Å². The molecule has 0 aromatic rings. The van der Waals surface area contributed by atoms with Crippen molar-refractivity contribution in [2.75, 3.05) is 26.2 Å². The summed E-state index contributed by atoms with van der Waals surface area (Å²) in [5, 5.41) is 6.84. The maximum atomic E-state index is 3.42. The fraction of sp³-hybridized carbons (Fsp3) is 1.00. The first-order valence-electron chi connectivity index (χ1n) is 4.35. The van der Waals surface area contributed by atoms with Crippen LogP contribution >= 0.6 is 0 Å². The minimum Gasteiger partial charge on any atom is -0.315 e. The van der Waals surface area contributed by atoms with E-state index in [-0.39, 0.29) is 0 Å². The molecule has 0 unspecified atom stereocenters. The van der Waals surface area contributed by atoms with Gasteiger partial charge in [0.05, 0.1) is 0 Å². The topological polar surface area (TPSA) is 24.1 Å². The zero-order chi connectivity index (χ0) is 7.23. The second-order valence-corrected chi connectivity index (χ2v) is 3.06. The Hall–Kier alpha value is -0.0800. The largest absolute Gasteiger partial charge is 0.315 e. The molecular weight excluding hydrogens is 124 g/mol. The van der Waals surface area contributed by atoms with Gasteiger partial charge in [0.2, 0.25) is 0 Å². The molecule has 0 atom stereocenters. The van der Waals surface area contributed by atoms with E-state index in [9.17, 15) is 0 Å². The lowest BCUT2D eigenvalue weighted by atomic mass is 10.0. The third kappa shape index (κ3) is 2.67. The van der Waals surface area contributed by atoms with Gasteiger partial charge in [-0.3, -0.25) is 0 Å². The molecule has 0 amide bonds. The molecule has 1 heterocycles. The Labute approximate surface area is 63.4 Å². The molecule has 0 aliphatic carbocycles. The summed E-state index contributed by atoms with van der Waals surface area (Å²) in [6, 6.07) is 0. The van der Waals surface area contributed by atoms with Gasteiger partial charge in [-0.2, -0.15) is 0 Å². The average molecular weight is 142 g/mol. The van der Waals surface area contributed by atoms with Crippen molar-refractivity contribution in [3.8, 4) is 0 Å². The molecule has 0 aromatic carbocycles. The minimum absolute atomic E-state index is 0.868. The van der Waals surface area contributed by atoms with Gasteiger partial charge in [0.25, 0.3) is 0 Å². The second kappa shape index (κ2) is 4.69. The molecule has 1 aliphatic heterocycles. The van der Waals surface area contributed by atoms with Crippen molar-refractivity contribution in [3.05, 3.63) is 0 Å². The maximum absolute atomic E-state index is 3.42. The van der Waals surface area contributed by atoms with Crippen LogP contribution in [0.1, 0.15) is 19.8 Å². The van der Waals surface area contributed by atoms with Crippen LogP contribution < -0.4 is 10.6 Å². The molecule has 60 valence electrons. The third-order valence-electron chi connectivity index (χ3n) is 2.04. The summed E-state index contributed by atoms with van der Waals surface area (Å²) in [6.45, 7) is 6.95.